The van der Waals surface area contributed by atoms with Crippen molar-refractivity contribution in [2.45, 2.75) is 4.90 Å². The number of carbonyl (C=O) groups is 1. The van der Waals surface area contributed by atoms with Crippen LogP contribution < -0.4 is 4.74 Å². The summed E-state index contributed by atoms with van der Waals surface area (Å²) in [6.45, 7) is 1.62. The third kappa shape index (κ3) is 5.11. The van der Waals surface area contributed by atoms with Crippen LogP contribution in [0.4, 0.5) is 4.39 Å². The van der Waals surface area contributed by atoms with Crippen LogP contribution in [-0.2, 0) is 14.8 Å². The molecular formula is C20H23FN2O5S. The number of amides is 1. The van der Waals surface area contributed by atoms with Crippen molar-refractivity contribution in [2.75, 3.05) is 46.5 Å². The summed E-state index contributed by atoms with van der Waals surface area (Å²) in [5.74, 6) is -0.224. The van der Waals surface area contributed by atoms with E-state index in [9.17, 15) is 17.6 Å². The molecule has 1 aliphatic heterocycles. The van der Waals surface area contributed by atoms with Crippen molar-refractivity contribution in [2.24, 2.45) is 0 Å². The van der Waals surface area contributed by atoms with E-state index in [1.807, 2.05) is 0 Å². The Morgan fingerprint density at radius 1 is 1.03 bits per heavy atom. The molecule has 1 amide bonds. The zero-order valence-electron chi connectivity index (χ0n) is 16.1. The van der Waals surface area contributed by atoms with Gasteiger partial charge >= 0.3 is 0 Å². The topological polar surface area (TPSA) is 76.2 Å². The van der Waals surface area contributed by atoms with Crippen LogP contribution in [0.3, 0.4) is 0 Å². The number of hydrogen-bond donors (Lipinski definition) is 0. The Hall–Kier alpha value is -2.49. The monoisotopic (exact) mass is 422 g/mol. The number of rotatable bonds is 7. The molecule has 3 rings (SSSR count). The molecule has 9 heteroatoms. The first-order chi connectivity index (χ1) is 13.9. The van der Waals surface area contributed by atoms with Gasteiger partial charge < -0.3 is 14.4 Å². The van der Waals surface area contributed by atoms with E-state index in [1.165, 1.54) is 22.5 Å². The highest BCUT2D eigenvalue weighted by atomic mass is 32.2. The van der Waals surface area contributed by atoms with Gasteiger partial charge in [-0.05, 0) is 36.4 Å². The third-order valence-electron chi connectivity index (χ3n) is 4.60. The number of nitrogens with zero attached hydrogens (tertiary/aromatic N) is 2. The normalized spacial score (nSPS) is 15.3. The number of ether oxygens (including phenoxy) is 2. The molecular weight excluding hydrogens is 399 g/mol. The Bertz CT molecular complexity index is 959. The lowest BCUT2D eigenvalue weighted by Crippen LogP contribution is -2.50. The van der Waals surface area contributed by atoms with Gasteiger partial charge in [0.25, 0.3) is 5.91 Å². The van der Waals surface area contributed by atoms with Gasteiger partial charge in [-0.25, -0.2) is 12.8 Å². The summed E-state index contributed by atoms with van der Waals surface area (Å²) in [7, 11) is -2.21. The van der Waals surface area contributed by atoms with Gasteiger partial charge in [-0.3, -0.25) is 4.79 Å². The second-order valence-corrected chi connectivity index (χ2v) is 8.46. The fraction of sp³-hybridized carbons (Fsp3) is 0.350. The lowest BCUT2D eigenvalue weighted by molar-refractivity contribution is 0.0697. The summed E-state index contributed by atoms with van der Waals surface area (Å²) in [4.78, 5) is 14.3. The van der Waals surface area contributed by atoms with Gasteiger partial charge in [0.15, 0.2) is 0 Å². The summed E-state index contributed by atoms with van der Waals surface area (Å²) < 4.78 is 50.5. The van der Waals surface area contributed by atoms with Crippen LogP contribution in [-0.4, -0.2) is 70.0 Å². The fourth-order valence-corrected chi connectivity index (χ4v) is 4.51. The summed E-state index contributed by atoms with van der Waals surface area (Å²) in [6.07, 6.45) is 0. The molecule has 0 N–H and O–H groups in total. The standard InChI is InChI=1S/C20H23FN2O5S/c1-27-12-13-28-18-6-2-4-16(14-18)20(24)22-8-10-23(11-9-22)29(25,26)19-7-3-5-17(21)15-19/h2-7,14-15H,8-13H2,1H3. The zero-order chi connectivity index (χ0) is 20.9. The molecule has 1 aliphatic rings. The Kier molecular flexibility index (Phi) is 6.83. The maximum Gasteiger partial charge on any atom is 0.254 e. The number of piperazine rings is 1. The maximum absolute atomic E-state index is 13.4. The first-order valence-corrected chi connectivity index (χ1v) is 10.6. The van der Waals surface area contributed by atoms with E-state index in [2.05, 4.69) is 0 Å². The number of methoxy groups -OCH3 is 1. The Labute approximate surface area is 169 Å². The van der Waals surface area contributed by atoms with Crippen LogP contribution in [0.15, 0.2) is 53.4 Å². The molecule has 1 saturated heterocycles. The average Bonchev–Trinajstić information content (AvgIpc) is 2.74. The summed E-state index contributed by atoms with van der Waals surface area (Å²) in [5.41, 5.74) is 0.473. The molecule has 0 unspecified atom stereocenters. The predicted octanol–water partition coefficient (Wildman–Crippen LogP) is 2.00. The van der Waals surface area contributed by atoms with E-state index in [4.69, 9.17) is 9.47 Å². The molecule has 7 nitrogen and oxygen atoms in total. The number of carbonyl (C=O) groups excluding carboxylic acids is 1. The van der Waals surface area contributed by atoms with Crippen molar-refractivity contribution in [3.8, 4) is 5.75 Å². The van der Waals surface area contributed by atoms with Gasteiger partial charge in [0.05, 0.1) is 11.5 Å². The molecule has 1 heterocycles. The SMILES string of the molecule is COCCOc1cccc(C(=O)N2CCN(S(=O)(=O)c3cccc(F)c3)CC2)c1. The number of halogens is 1. The molecule has 0 spiro atoms. The minimum atomic E-state index is -3.79. The van der Waals surface area contributed by atoms with E-state index in [-0.39, 0.29) is 37.0 Å². The van der Waals surface area contributed by atoms with Crippen LogP contribution in [0.1, 0.15) is 10.4 Å². The summed E-state index contributed by atoms with van der Waals surface area (Å²) in [5, 5.41) is 0. The summed E-state index contributed by atoms with van der Waals surface area (Å²) >= 11 is 0. The van der Waals surface area contributed by atoms with Crippen molar-refractivity contribution >= 4 is 15.9 Å². The molecule has 156 valence electrons. The lowest BCUT2D eigenvalue weighted by atomic mass is 10.1. The second kappa shape index (κ2) is 9.34. The van der Waals surface area contributed by atoms with E-state index in [0.717, 1.165) is 6.07 Å². The van der Waals surface area contributed by atoms with Crippen molar-refractivity contribution in [3.05, 3.63) is 59.9 Å². The Balaban J connectivity index is 1.63. The molecule has 2 aromatic rings. The van der Waals surface area contributed by atoms with Gasteiger partial charge in [0.1, 0.15) is 18.2 Å². The van der Waals surface area contributed by atoms with Gasteiger partial charge in [-0.15, -0.1) is 0 Å². The molecule has 29 heavy (non-hydrogen) atoms. The van der Waals surface area contributed by atoms with Crippen LogP contribution >= 0.6 is 0 Å². The van der Waals surface area contributed by atoms with Crippen LogP contribution in [0.25, 0.3) is 0 Å². The molecule has 1 fully saturated rings. The van der Waals surface area contributed by atoms with Gasteiger partial charge in [-0.1, -0.05) is 12.1 Å². The quantitative estimate of drug-likeness (QED) is 0.638. The first kappa shape index (κ1) is 21.2. The highest BCUT2D eigenvalue weighted by Crippen LogP contribution is 2.20. The lowest BCUT2D eigenvalue weighted by Gasteiger charge is -2.34. The molecule has 0 saturated carbocycles. The molecule has 0 radical (unpaired) electrons. The molecule has 2 aromatic carbocycles. The van der Waals surface area contributed by atoms with Gasteiger partial charge in [0.2, 0.25) is 10.0 Å². The molecule has 0 aliphatic carbocycles. The van der Waals surface area contributed by atoms with Crippen LogP contribution in [0.5, 0.6) is 5.75 Å². The fourth-order valence-electron chi connectivity index (χ4n) is 3.05. The number of benzene rings is 2. The Morgan fingerprint density at radius 2 is 1.76 bits per heavy atom. The highest BCUT2D eigenvalue weighted by Gasteiger charge is 2.30. The van der Waals surface area contributed by atoms with Gasteiger partial charge in [0, 0.05) is 38.9 Å². The maximum atomic E-state index is 13.4. The zero-order valence-corrected chi connectivity index (χ0v) is 16.9. The van der Waals surface area contributed by atoms with Gasteiger partial charge in [-0.2, -0.15) is 4.31 Å². The van der Waals surface area contributed by atoms with E-state index in [1.54, 1.807) is 36.3 Å². The molecule has 0 aromatic heterocycles. The predicted molar refractivity (Wildman–Crippen MR) is 105 cm³/mol. The first-order valence-electron chi connectivity index (χ1n) is 9.18. The van der Waals surface area contributed by atoms with Crippen molar-refractivity contribution in [1.29, 1.82) is 0 Å². The van der Waals surface area contributed by atoms with E-state index >= 15 is 0 Å². The average molecular weight is 422 g/mol. The molecule has 0 atom stereocenters. The number of sulfonamides is 1. The van der Waals surface area contributed by atoms with E-state index in [0.29, 0.717) is 24.5 Å². The van der Waals surface area contributed by atoms with Crippen LogP contribution in [0, 0.1) is 5.82 Å². The van der Waals surface area contributed by atoms with Crippen molar-refractivity contribution in [3.63, 3.8) is 0 Å². The minimum Gasteiger partial charge on any atom is -0.491 e. The Morgan fingerprint density at radius 3 is 2.45 bits per heavy atom. The van der Waals surface area contributed by atoms with Crippen molar-refractivity contribution in [1.82, 2.24) is 9.21 Å². The minimum absolute atomic E-state index is 0.0850. The highest BCUT2D eigenvalue weighted by molar-refractivity contribution is 7.89. The largest absolute Gasteiger partial charge is 0.491 e. The van der Waals surface area contributed by atoms with Crippen LogP contribution in [0.2, 0.25) is 0 Å². The number of hydrogen-bond acceptors (Lipinski definition) is 5. The smallest absolute Gasteiger partial charge is 0.254 e. The summed E-state index contributed by atoms with van der Waals surface area (Å²) in [6, 6.07) is 11.8. The van der Waals surface area contributed by atoms with E-state index < -0.39 is 15.8 Å². The third-order valence-corrected chi connectivity index (χ3v) is 6.49. The molecule has 0 bridgehead atoms. The van der Waals surface area contributed by atoms with Crippen molar-refractivity contribution < 1.29 is 27.1 Å². The second-order valence-electron chi connectivity index (χ2n) is 6.52.